The lowest BCUT2D eigenvalue weighted by Gasteiger charge is -2.32. The number of rotatable bonds is 7. The van der Waals surface area contributed by atoms with E-state index in [9.17, 15) is 4.79 Å². The number of piperidine rings is 1. The molecule has 0 spiro atoms. The fourth-order valence-electron chi connectivity index (χ4n) is 4.35. The number of carbonyl (C=O) groups excluding carboxylic acids is 1. The first-order valence-corrected chi connectivity index (χ1v) is 10.6. The van der Waals surface area contributed by atoms with E-state index in [0.29, 0.717) is 18.9 Å². The predicted molar refractivity (Wildman–Crippen MR) is 115 cm³/mol. The zero-order valence-corrected chi connectivity index (χ0v) is 17.2. The van der Waals surface area contributed by atoms with Crippen LogP contribution in [0, 0.1) is 0 Å². The monoisotopic (exact) mass is 394 g/mol. The molecule has 0 unspecified atom stereocenters. The fourth-order valence-corrected chi connectivity index (χ4v) is 4.35. The Labute approximate surface area is 173 Å². The van der Waals surface area contributed by atoms with E-state index in [-0.39, 0.29) is 5.91 Å². The van der Waals surface area contributed by atoms with E-state index in [1.54, 1.807) is 7.11 Å². The molecule has 1 amide bonds. The maximum absolute atomic E-state index is 11.7. The van der Waals surface area contributed by atoms with Gasteiger partial charge in [-0.2, -0.15) is 0 Å². The van der Waals surface area contributed by atoms with Crippen molar-refractivity contribution >= 4 is 11.6 Å². The molecule has 0 aromatic heterocycles. The summed E-state index contributed by atoms with van der Waals surface area (Å²) in [4.78, 5) is 14.2. The minimum atomic E-state index is 0.0763. The molecule has 4 rings (SSSR count). The molecule has 5 heteroatoms. The summed E-state index contributed by atoms with van der Waals surface area (Å²) in [5, 5.41) is 2.96. The number of carbonyl (C=O) groups is 1. The molecular formula is C24H30N2O3. The van der Waals surface area contributed by atoms with Crippen LogP contribution in [0.25, 0.3) is 0 Å². The van der Waals surface area contributed by atoms with Crippen LogP contribution in [0.15, 0.2) is 42.5 Å². The average molecular weight is 395 g/mol. The number of aryl methyl sites for hydroxylation is 1. The smallest absolute Gasteiger partial charge is 0.224 e. The SMILES string of the molecule is COc1cccc(C2CCN(CCCOc3cccc4c3NC(=O)CC4)CC2)c1. The van der Waals surface area contributed by atoms with Crippen LogP contribution < -0.4 is 14.8 Å². The highest BCUT2D eigenvalue weighted by Gasteiger charge is 2.21. The van der Waals surface area contributed by atoms with Crippen LogP contribution in [-0.4, -0.2) is 44.2 Å². The van der Waals surface area contributed by atoms with Gasteiger partial charge in [-0.25, -0.2) is 0 Å². The van der Waals surface area contributed by atoms with Gasteiger partial charge in [0, 0.05) is 13.0 Å². The number of amides is 1. The summed E-state index contributed by atoms with van der Waals surface area (Å²) >= 11 is 0. The van der Waals surface area contributed by atoms with Crippen LogP contribution in [0.1, 0.15) is 42.7 Å². The summed E-state index contributed by atoms with van der Waals surface area (Å²) in [6.45, 7) is 3.96. The molecule has 1 fully saturated rings. The third-order valence-electron chi connectivity index (χ3n) is 6.03. The van der Waals surface area contributed by atoms with Gasteiger partial charge in [-0.3, -0.25) is 4.79 Å². The topological polar surface area (TPSA) is 50.8 Å². The normalized spacial score (nSPS) is 17.5. The van der Waals surface area contributed by atoms with Gasteiger partial charge >= 0.3 is 0 Å². The lowest BCUT2D eigenvalue weighted by Crippen LogP contribution is -2.34. The van der Waals surface area contributed by atoms with E-state index in [0.717, 1.165) is 49.7 Å². The van der Waals surface area contributed by atoms with Gasteiger partial charge in [0.2, 0.25) is 5.91 Å². The van der Waals surface area contributed by atoms with Gasteiger partial charge < -0.3 is 19.7 Å². The van der Waals surface area contributed by atoms with Crippen molar-refractivity contribution in [3.8, 4) is 11.5 Å². The second-order valence-electron chi connectivity index (χ2n) is 7.93. The quantitative estimate of drug-likeness (QED) is 0.714. The molecule has 5 nitrogen and oxygen atoms in total. The molecule has 2 aliphatic rings. The van der Waals surface area contributed by atoms with Crippen molar-refractivity contribution in [2.75, 3.05) is 38.7 Å². The van der Waals surface area contributed by atoms with Crippen molar-refractivity contribution in [3.63, 3.8) is 0 Å². The highest BCUT2D eigenvalue weighted by atomic mass is 16.5. The Hall–Kier alpha value is -2.53. The molecule has 2 aromatic carbocycles. The Morgan fingerprint density at radius 2 is 1.93 bits per heavy atom. The highest BCUT2D eigenvalue weighted by Crippen LogP contribution is 2.33. The Morgan fingerprint density at radius 1 is 1.10 bits per heavy atom. The molecule has 1 N–H and O–H groups in total. The van der Waals surface area contributed by atoms with Gasteiger partial charge in [-0.05, 0) is 74.0 Å². The molecule has 154 valence electrons. The molecule has 2 heterocycles. The van der Waals surface area contributed by atoms with Gasteiger partial charge in [-0.15, -0.1) is 0 Å². The summed E-state index contributed by atoms with van der Waals surface area (Å²) in [5.41, 5.74) is 3.42. The zero-order chi connectivity index (χ0) is 20.1. The Bertz CT molecular complexity index is 844. The molecular weight excluding hydrogens is 364 g/mol. The lowest BCUT2D eigenvalue weighted by atomic mass is 9.89. The minimum Gasteiger partial charge on any atom is -0.497 e. The first kappa shape index (κ1) is 19.8. The number of para-hydroxylation sites is 1. The number of methoxy groups -OCH3 is 1. The van der Waals surface area contributed by atoms with E-state index in [1.807, 2.05) is 18.2 Å². The van der Waals surface area contributed by atoms with Gasteiger partial charge in [0.05, 0.1) is 19.4 Å². The number of nitrogens with zero attached hydrogens (tertiary/aromatic N) is 1. The minimum absolute atomic E-state index is 0.0763. The molecule has 0 radical (unpaired) electrons. The van der Waals surface area contributed by atoms with Gasteiger partial charge in [0.15, 0.2) is 0 Å². The third kappa shape index (κ3) is 4.91. The first-order chi connectivity index (χ1) is 14.2. The van der Waals surface area contributed by atoms with Crippen LogP contribution in [0.4, 0.5) is 5.69 Å². The van der Waals surface area contributed by atoms with Crippen molar-refractivity contribution in [1.29, 1.82) is 0 Å². The lowest BCUT2D eigenvalue weighted by molar-refractivity contribution is -0.116. The molecule has 0 bridgehead atoms. The summed E-state index contributed by atoms with van der Waals surface area (Å²) in [6.07, 6.45) is 4.71. The number of benzene rings is 2. The van der Waals surface area contributed by atoms with E-state index in [2.05, 4.69) is 34.5 Å². The number of hydrogen-bond donors (Lipinski definition) is 1. The van der Waals surface area contributed by atoms with Crippen LogP contribution in [0.2, 0.25) is 0 Å². The first-order valence-electron chi connectivity index (χ1n) is 10.6. The van der Waals surface area contributed by atoms with Crippen LogP contribution in [-0.2, 0) is 11.2 Å². The van der Waals surface area contributed by atoms with Crippen LogP contribution in [0.5, 0.6) is 11.5 Å². The third-order valence-corrected chi connectivity index (χ3v) is 6.03. The summed E-state index contributed by atoms with van der Waals surface area (Å²) in [5.74, 6) is 2.44. The second-order valence-corrected chi connectivity index (χ2v) is 7.93. The molecule has 1 saturated heterocycles. The highest BCUT2D eigenvalue weighted by molar-refractivity contribution is 5.95. The van der Waals surface area contributed by atoms with E-state index < -0.39 is 0 Å². The maximum Gasteiger partial charge on any atom is 0.224 e. The Morgan fingerprint density at radius 3 is 2.76 bits per heavy atom. The summed E-state index contributed by atoms with van der Waals surface area (Å²) in [6, 6.07) is 14.5. The number of likely N-dealkylation sites (tertiary alicyclic amines) is 1. The van der Waals surface area contributed by atoms with Crippen molar-refractivity contribution in [2.45, 2.75) is 38.0 Å². The van der Waals surface area contributed by atoms with E-state index in [1.165, 1.54) is 24.0 Å². The van der Waals surface area contributed by atoms with Crippen molar-refractivity contribution in [2.24, 2.45) is 0 Å². The van der Waals surface area contributed by atoms with Gasteiger partial charge in [0.25, 0.3) is 0 Å². The number of hydrogen-bond acceptors (Lipinski definition) is 4. The van der Waals surface area contributed by atoms with Crippen LogP contribution >= 0.6 is 0 Å². The molecule has 2 aromatic rings. The number of nitrogens with one attached hydrogen (secondary N) is 1. The largest absolute Gasteiger partial charge is 0.497 e. The Kier molecular flexibility index (Phi) is 6.35. The summed E-state index contributed by atoms with van der Waals surface area (Å²) < 4.78 is 11.4. The maximum atomic E-state index is 11.7. The standard InChI is InChI=1S/C24H30N2O3/c1-28-21-7-2-6-20(17-21)18-11-14-26(15-12-18)13-4-16-29-22-8-3-5-19-9-10-23(27)25-24(19)22/h2-3,5-8,17-18H,4,9-16H2,1H3,(H,25,27). The molecule has 0 saturated carbocycles. The van der Waals surface area contributed by atoms with Crippen LogP contribution in [0.3, 0.4) is 0 Å². The van der Waals surface area contributed by atoms with Crippen molar-refractivity contribution in [3.05, 3.63) is 53.6 Å². The number of anilines is 1. The average Bonchev–Trinajstić information content (AvgIpc) is 2.77. The van der Waals surface area contributed by atoms with Crippen molar-refractivity contribution < 1.29 is 14.3 Å². The van der Waals surface area contributed by atoms with Gasteiger partial charge in [0.1, 0.15) is 11.5 Å². The molecule has 0 aliphatic carbocycles. The molecule has 29 heavy (non-hydrogen) atoms. The fraction of sp³-hybridized carbons (Fsp3) is 0.458. The van der Waals surface area contributed by atoms with E-state index >= 15 is 0 Å². The van der Waals surface area contributed by atoms with E-state index in [4.69, 9.17) is 9.47 Å². The van der Waals surface area contributed by atoms with Gasteiger partial charge in [-0.1, -0.05) is 24.3 Å². The second kappa shape index (κ2) is 9.31. The molecule has 2 aliphatic heterocycles. The predicted octanol–water partition coefficient (Wildman–Crippen LogP) is 4.23. The number of fused-ring (bicyclic) bond motifs is 1. The molecule has 0 atom stereocenters. The zero-order valence-electron chi connectivity index (χ0n) is 17.2. The Balaban J connectivity index is 1.21. The summed E-state index contributed by atoms with van der Waals surface area (Å²) in [7, 11) is 1.73. The number of ether oxygens (including phenoxy) is 2. The van der Waals surface area contributed by atoms with Crippen molar-refractivity contribution in [1.82, 2.24) is 4.90 Å².